The molecule has 0 radical (unpaired) electrons. The molecule has 240 valence electrons. The zero-order chi connectivity index (χ0) is 32.5. The normalized spacial score (nSPS) is 27.3. The van der Waals surface area contributed by atoms with Crippen molar-refractivity contribution in [2.45, 2.75) is 55.8 Å². The molecule has 0 saturated carbocycles. The average molecular weight is 632 g/mol. The number of likely N-dealkylation sites (tertiary alicyclic amines) is 1. The number of carbonyl (C=O) groups is 3. The van der Waals surface area contributed by atoms with Crippen LogP contribution >= 0.6 is 11.8 Å². The topological polar surface area (TPSA) is 90.4 Å². The highest BCUT2D eigenvalue weighted by Gasteiger charge is 2.77. The summed E-state index contributed by atoms with van der Waals surface area (Å²) < 4.78 is 4.52. The number of rotatable bonds is 13. The van der Waals surface area contributed by atoms with Crippen LogP contribution in [0.25, 0.3) is 0 Å². The fraction of sp³-hybridized carbons (Fsp3) is 0.472. The van der Waals surface area contributed by atoms with E-state index in [0.717, 1.165) is 12.0 Å². The van der Waals surface area contributed by atoms with E-state index in [4.69, 9.17) is 4.74 Å². The van der Waals surface area contributed by atoms with E-state index in [0.29, 0.717) is 24.5 Å². The smallest absolute Gasteiger partial charge is 0.251 e. The molecular weight excluding hydrogens is 586 g/mol. The quantitative estimate of drug-likeness (QED) is 0.320. The Balaban J connectivity index is 1.59. The number of ether oxygens (including phenoxy) is 1. The van der Waals surface area contributed by atoms with Gasteiger partial charge in [0.05, 0.1) is 36.3 Å². The predicted octanol–water partition coefficient (Wildman–Crippen LogP) is 4.78. The highest BCUT2D eigenvalue weighted by molar-refractivity contribution is 8.02. The lowest BCUT2D eigenvalue weighted by Crippen LogP contribution is -2.60. The molecule has 3 unspecified atom stereocenters. The number of anilines is 1. The van der Waals surface area contributed by atoms with Crippen molar-refractivity contribution in [3.63, 3.8) is 0 Å². The van der Waals surface area contributed by atoms with Gasteiger partial charge in [-0.05, 0) is 48.1 Å². The van der Waals surface area contributed by atoms with Crippen molar-refractivity contribution in [2.75, 3.05) is 31.7 Å². The Morgan fingerprint density at radius 3 is 2.33 bits per heavy atom. The first-order valence-corrected chi connectivity index (χ1v) is 16.6. The largest absolute Gasteiger partial charge is 0.497 e. The molecule has 7 atom stereocenters. The average Bonchev–Trinajstić information content (AvgIpc) is 3.63. The molecule has 3 aliphatic heterocycles. The van der Waals surface area contributed by atoms with Crippen molar-refractivity contribution in [3.8, 4) is 5.75 Å². The molecule has 3 heterocycles. The van der Waals surface area contributed by atoms with Gasteiger partial charge in [0.25, 0.3) is 5.91 Å². The van der Waals surface area contributed by atoms with Gasteiger partial charge < -0.3 is 24.5 Å². The fourth-order valence-corrected chi connectivity index (χ4v) is 10.2. The van der Waals surface area contributed by atoms with E-state index >= 15 is 0 Å². The second-order valence-electron chi connectivity index (χ2n) is 12.7. The first-order valence-electron chi connectivity index (χ1n) is 15.7. The summed E-state index contributed by atoms with van der Waals surface area (Å²) in [6.45, 7) is 14.6. The highest BCUT2D eigenvalue weighted by atomic mass is 32.2. The van der Waals surface area contributed by atoms with Crippen LogP contribution in [0.15, 0.2) is 79.9 Å². The number of hydrogen-bond donors (Lipinski definition) is 1. The van der Waals surface area contributed by atoms with Gasteiger partial charge in [0.15, 0.2) is 0 Å². The van der Waals surface area contributed by atoms with Gasteiger partial charge in [-0.3, -0.25) is 14.4 Å². The van der Waals surface area contributed by atoms with Gasteiger partial charge in [0.2, 0.25) is 11.8 Å². The molecule has 3 aliphatic rings. The second-order valence-corrected chi connectivity index (χ2v) is 14.3. The summed E-state index contributed by atoms with van der Waals surface area (Å²) in [6, 6.07) is 15.6. The van der Waals surface area contributed by atoms with Gasteiger partial charge in [-0.1, -0.05) is 63.3 Å². The zero-order valence-electron chi connectivity index (χ0n) is 26.7. The van der Waals surface area contributed by atoms with E-state index in [2.05, 4.69) is 20.1 Å². The molecule has 3 amide bonds. The van der Waals surface area contributed by atoms with E-state index in [9.17, 15) is 19.5 Å². The van der Waals surface area contributed by atoms with Crippen LogP contribution < -0.4 is 9.64 Å². The van der Waals surface area contributed by atoms with Gasteiger partial charge in [0, 0.05) is 30.6 Å². The van der Waals surface area contributed by atoms with Crippen molar-refractivity contribution in [3.05, 3.63) is 85.5 Å². The van der Waals surface area contributed by atoms with Crippen molar-refractivity contribution in [2.24, 2.45) is 23.7 Å². The molecule has 9 heteroatoms. The van der Waals surface area contributed by atoms with Crippen molar-refractivity contribution >= 4 is 35.2 Å². The Morgan fingerprint density at radius 1 is 1.09 bits per heavy atom. The molecule has 45 heavy (non-hydrogen) atoms. The van der Waals surface area contributed by atoms with Crippen LogP contribution in [0.2, 0.25) is 0 Å². The third kappa shape index (κ3) is 5.58. The van der Waals surface area contributed by atoms with Crippen LogP contribution in [0.3, 0.4) is 0 Å². The first kappa shape index (κ1) is 32.8. The lowest BCUT2D eigenvalue weighted by atomic mass is 9.65. The number of thioether (sulfide) groups is 1. The molecule has 5 rings (SSSR count). The number of hydrogen-bond acceptors (Lipinski definition) is 6. The summed E-state index contributed by atoms with van der Waals surface area (Å²) in [5.74, 6) is -1.24. The van der Waals surface area contributed by atoms with Crippen LogP contribution in [0, 0.1) is 23.7 Å². The first-order chi connectivity index (χ1) is 21.6. The summed E-state index contributed by atoms with van der Waals surface area (Å²) >= 11 is 1.65. The van der Waals surface area contributed by atoms with Crippen LogP contribution in [0.4, 0.5) is 5.69 Å². The minimum Gasteiger partial charge on any atom is -0.497 e. The predicted molar refractivity (Wildman–Crippen MR) is 179 cm³/mol. The summed E-state index contributed by atoms with van der Waals surface area (Å²) in [6.07, 6.45) is 4.12. The molecule has 2 aromatic carbocycles. The number of methoxy groups -OCH3 is 1. The number of aliphatic hydroxyl groups is 1. The van der Waals surface area contributed by atoms with E-state index in [1.165, 1.54) is 0 Å². The maximum atomic E-state index is 15.0. The van der Waals surface area contributed by atoms with E-state index in [1.54, 1.807) is 57.9 Å². The van der Waals surface area contributed by atoms with Crippen LogP contribution in [0.5, 0.6) is 5.75 Å². The molecule has 8 nitrogen and oxygen atoms in total. The monoisotopic (exact) mass is 631 g/mol. The van der Waals surface area contributed by atoms with Gasteiger partial charge >= 0.3 is 0 Å². The van der Waals surface area contributed by atoms with E-state index < -0.39 is 28.7 Å². The van der Waals surface area contributed by atoms with Gasteiger partial charge in [-0.15, -0.1) is 24.9 Å². The molecule has 0 aliphatic carbocycles. The molecule has 1 spiro atoms. The number of amides is 3. The number of nitrogens with zero attached hydrogens (tertiary/aromatic N) is 3. The zero-order valence-corrected chi connectivity index (χ0v) is 27.5. The molecular formula is C36H45N3O5S. The lowest BCUT2D eigenvalue weighted by molar-refractivity contribution is -0.146. The Bertz CT molecular complexity index is 1420. The van der Waals surface area contributed by atoms with Crippen LogP contribution in [0.1, 0.15) is 32.8 Å². The molecule has 2 aromatic rings. The molecule has 0 aromatic heterocycles. The third-order valence-corrected chi connectivity index (χ3v) is 11.9. The Morgan fingerprint density at radius 2 is 1.76 bits per heavy atom. The van der Waals surface area contributed by atoms with Gasteiger partial charge in [0.1, 0.15) is 11.8 Å². The van der Waals surface area contributed by atoms with Crippen molar-refractivity contribution in [1.29, 1.82) is 0 Å². The molecule has 1 N–H and O–H groups in total. The lowest BCUT2D eigenvalue weighted by Gasteiger charge is -2.43. The maximum absolute atomic E-state index is 15.0. The number of carbonyl (C=O) groups excluding carboxylic acids is 3. The van der Waals surface area contributed by atoms with E-state index in [1.807, 2.05) is 56.3 Å². The molecule has 2 bridgehead atoms. The van der Waals surface area contributed by atoms with Crippen molar-refractivity contribution < 1.29 is 24.2 Å². The maximum Gasteiger partial charge on any atom is 0.251 e. The SMILES string of the molecule is C=CCN(Cc1ccccc1)C(=O)[C@@H]1[C@@H]2CC(C)C3(S2)C(C(=O)N(CC=C)c2ccc(OC)cc2)N([C@@H](CO)C(C)C)C(=O)[C@H]13. The Kier molecular flexibility index (Phi) is 9.80. The number of aliphatic hydroxyl groups excluding tert-OH is 1. The summed E-state index contributed by atoms with van der Waals surface area (Å²) in [4.78, 5) is 49.4. The van der Waals surface area contributed by atoms with Crippen LogP contribution in [-0.2, 0) is 20.9 Å². The standard InChI is InChI=1S/C36H45N3O5S/c1-7-18-37(21-25-12-10-9-11-13-25)33(41)30-29-20-24(5)36(45-29)31(30)34(42)39(28(22-40)23(3)4)32(36)35(43)38(19-8-2)26-14-16-27(44-6)17-15-26/h7-17,23-24,28-32,40H,1-2,18-22H2,3-6H3/t24?,28-,29-,30+,31-,32?,36?/m0/s1. The van der Waals surface area contributed by atoms with Crippen molar-refractivity contribution in [1.82, 2.24) is 9.80 Å². The Labute approximate surface area is 271 Å². The summed E-state index contributed by atoms with van der Waals surface area (Å²) in [7, 11) is 1.59. The number of fused-ring (bicyclic) bond motifs is 1. The van der Waals surface area contributed by atoms with Gasteiger partial charge in [-0.25, -0.2) is 0 Å². The third-order valence-electron chi connectivity index (χ3n) is 9.86. The second kappa shape index (κ2) is 13.4. The molecule has 3 fully saturated rings. The minimum atomic E-state index is -0.860. The summed E-state index contributed by atoms with van der Waals surface area (Å²) in [5.41, 5.74) is 1.66. The number of benzene rings is 2. The highest BCUT2D eigenvalue weighted by Crippen LogP contribution is 2.69. The fourth-order valence-electron chi connectivity index (χ4n) is 7.76. The molecule has 3 saturated heterocycles. The van der Waals surface area contributed by atoms with Gasteiger partial charge in [-0.2, -0.15) is 0 Å². The van der Waals surface area contributed by atoms with Crippen LogP contribution in [-0.4, -0.2) is 81.5 Å². The minimum absolute atomic E-state index is 0.000573. The summed E-state index contributed by atoms with van der Waals surface area (Å²) in [5, 5.41) is 10.5. The van der Waals surface area contributed by atoms with E-state index in [-0.39, 0.29) is 48.0 Å². The Hall–Kier alpha value is -3.56.